The van der Waals surface area contributed by atoms with Gasteiger partial charge in [0.1, 0.15) is 0 Å². The molecule has 38 heavy (non-hydrogen) atoms. The van der Waals surface area contributed by atoms with Crippen molar-refractivity contribution in [3.8, 4) is 0 Å². The molecule has 1 amide bonds. The van der Waals surface area contributed by atoms with Crippen LogP contribution < -0.4 is 14.8 Å². The molecule has 3 N–H and O–H groups in total. The van der Waals surface area contributed by atoms with Gasteiger partial charge in [0.15, 0.2) is 0 Å². The third-order valence-corrected chi connectivity index (χ3v) is 8.67. The van der Waals surface area contributed by atoms with Crippen molar-refractivity contribution < 1.29 is 21.6 Å². The van der Waals surface area contributed by atoms with Gasteiger partial charge in [0, 0.05) is 11.4 Å². The lowest BCUT2D eigenvalue weighted by atomic mass is 10.1. The molecule has 11 heteroatoms. The molecule has 0 saturated heterocycles. The van der Waals surface area contributed by atoms with E-state index in [-0.39, 0.29) is 26.1 Å². The fourth-order valence-electron chi connectivity index (χ4n) is 3.62. The van der Waals surface area contributed by atoms with Crippen molar-refractivity contribution in [1.29, 1.82) is 0 Å². The lowest BCUT2D eigenvalue weighted by molar-refractivity contribution is 0.102. The van der Waals surface area contributed by atoms with E-state index >= 15 is 0 Å². The first-order valence-electron chi connectivity index (χ1n) is 11.3. The van der Waals surface area contributed by atoms with Gasteiger partial charge in [-0.3, -0.25) is 14.2 Å². The first kappa shape index (κ1) is 27.2. The number of anilines is 3. The second-order valence-corrected chi connectivity index (χ2v) is 12.3. The average molecular weight is 570 g/mol. The summed E-state index contributed by atoms with van der Waals surface area (Å²) in [5.41, 5.74) is 2.81. The van der Waals surface area contributed by atoms with Crippen LogP contribution in [0.1, 0.15) is 21.5 Å². The number of carbonyl (C=O) groups is 1. The van der Waals surface area contributed by atoms with Crippen molar-refractivity contribution in [3.63, 3.8) is 0 Å². The van der Waals surface area contributed by atoms with Crippen LogP contribution in [-0.2, 0) is 20.0 Å². The Morgan fingerprint density at radius 1 is 0.684 bits per heavy atom. The maximum atomic E-state index is 12.9. The Morgan fingerprint density at radius 2 is 1.29 bits per heavy atom. The molecule has 0 aromatic heterocycles. The van der Waals surface area contributed by atoms with Crippen molar-refractivity contribution in [2.45, 2.75) is 23.6 Å². The number of halogens is 1. The van der Waals surface area contributed by atoms with E-state index < -0.39 is 26.0 Å². The van der Waals surface area contributed by atoms with E-state index in [4.69, 9.17) is 11.6 Å². The molecule has 0 aliphatic carbocycles. The van der Waals surface area contributed by atoms with Gasteiger partial charge < -0.3 is 5.32 Å². The summed E-state index contributed by atoms with van der Waals surface area (Å²) in [6.07, 6.45) is 0. The molecule has 0 bridgehead atoms. The number of aryl methyl sites for hydroxylation is 2. The van der Waals surface area contributed by atoms with E-state index in [9.17, 15) is 21.6 Å². The van der Waals surface area contributed by atoms with Gasteiger partial charge in [-0.15, -0.1) is 0 Å². The van der Waals surface area contributed by atoms with Gasteiger partial charge in [0.2, 0.25) is 0 Å². The summed E-state index contributed by atoms with van der Waals surface area (Å²) in [5, 5.41) is 2.76. The van der Waals surface area contributed by atoms with Gasteiger partial charge in [-0.1, -0.05) is 47.5 Å². The fourth-order valence-corrected chi connectivity index (χ4v) is 6.03. The zero-order chi connectivity index (χ0) is 27.5. The topological polar surface area (TPSA) is 121 Å². The molecule has 4 aromatic carbocycles. The van der Waals surface area contributed by atoms with Gasteiger partial charge in [0.05, 0.1) is 26.1 Å². The second kappa shape index (κ2) is 10.9. The van der Waals surface area contributed by atoms with Crippen molar-refractivity contribution in [1.82, 2.24) is 0 Å². The van der Waals surface area contributed by atoms with Crippen LogP contribution in [0.5, 0.6) is 0 Å². The predicted molar refractivity (Wildman–Crippen MR) is 150 cm³/mol. The summed E-state index contributed by atoms with van der Waals surface area (Å²) in [5.74, 6) is -0.597. The van der Waals surface area contributed by atoms with Gasteiger partial charge >= 0.3 is 0 Å². The van der Waals surface area contributed by atoms with E-state index in [0.717, 1.165) is 11.1 Å². The number of hydrogen-bond donors (Lipinski definition) is 3. The monoisotopic (exact) mass is 569 g/mol. The largest absolute Gasteiger partial charge is 0.322 e. The molecule has 0 aliphatic heterocycles. The minimum atomic E-state index is -3.86. The maximum absolute atomic E-state index is 12.9. The highest BCUT2D eigenvalue weighted by Gasteiger charge is 2.18. The smallest absolute Gasteiger partial charge is 0.261 e. The summed E-state index contributed by atoms with van der Waals surface area (Å²) in [4.78, 5) is 13.0. The Kier molecular flexibility index (Phi) is 7.77. The molecule has 0 atom stereocenters. The molecule has 4 rings (SSSR count). The molecule has 0 radical (unpaired) electrons. The van der Waals surface area contributed by atoms with Gasteiger partial charge in [-0.2, -0.15) is 0 Å². The Morgan fingerprint density at radius 3 is 1.95 bits per heavy atom. The maximum Gasteiger partial charge on any atom is 0.261 e. The van der Waals surface area contributed by atoms with Crippen LogP contribution in [0.15, 0.2) is 101 Å². The average Bonchev–Trinajstić information content (AvgIpc) is 2.87. The normalized spacial score (nSPS) is 11.6. The van der Waals surface area contributed by atoms with Crippen LogP contribution in [0.25, 0.3) is 0 Å². The van der Waals surface area contributed by atoms with Gasteiger partial charge in [-0.25, -0.2) is 16.8 Å². The molecule has 0 spiro atoms. The highest BCUT2D eigenvalue weighted by Crippen LogP contribution is 2.25. The van der Waals surface area contributed by atoms with E-state index in [2.05, 4.69) is 14.8 Å². The first-order chi connectivity index (χ1) is 17.9. The molecule has 0 unspecified atom stereocenters. The minimum absolute atomic E-state index is 0.0193. The van der Waals surface area contributed by atoms with E-state index in [1.807, 2.05) is 26.0 Å². The van der Waals surface area contributed by atoms with Gasteiger partial charge in [0.25, 0.3) is 26.0 Å². The molecule has 0 saturated carbocycles. The molecule has 8 nitrogen and oxygen atoms in total. The Hall–Kier alpha value is -3.86. The van der Waals surface area contributed by atoms with E-state index in [1.54, 1.807) is 24.3 Å². The van der Waals surface area contributed by atoms with Crippen molar-refractivity contribution >= 4 is 54.6 Å². The number of rotatable bonds is 8. The zero-order valence-corrected chi connectivity index (χ0v) is 22.8. The molecular formula is C27H24ClN3O5S2. The molecule has 4 aromatic rings. The summed E-state index contributed by atoms with van der Waals surface area (Å²) in [6, 6.07) is 23.0. The number of carbonyl (C=O) groups excluding carboxylic acids is 1. The number of amides is 1. The van der Waals surface area contributed by atoms with E-state index in [0.29, 0.717) is 11.4 Å². The summed E-state index contributed by atoms with van der Waals surface area (Å²) in [7, 11) is -7.71. The third kappa shape index (κ3) is 6.34. The summed E-state index contributed by atoms with van der Waals surface area (Å²) < 4.78 is 55.9. The van der Waals surface area contributed by atoms with Crippen LogP contribution in [0, 0.1) is 13.8 Å². The fraction of sp³-hybridized carbons (Fsp3) is 0.0741. The molecule has 0 heterocycles. The SMILES string of the molecule is Cc1ccc(NS(=O)(=O)c2ccc(NC(=O)c3cc(NS(=O)(=O)c4ccccc4)ccc3Cl)cc2)c(C)c1. The Balaban J connectivity index is 1.49. The summed E-state index contributed by atoms with van der Waals surface area (Å²) in [6.45, 7) is 3.74. The van der Waals surface area contributed by atoms with Crippen molar-refractivity contribution in [2.24, 2.45) is 0 Å². The van der Waals surface area contributed by atoms with Crippen LogP contribution in [0.3, 0.4) is 0 Å². The van der Waals surface area contributed by atoms with E-state index in [1.165, 1.54) is 54.6 Å². The van der Waals surface area contributed by atoms with Crippen LogP contribution >= 0.6 is 11.6 Å². The molecule has 0 aliphatic rings. The highest BCUT2D eigenvalue weighted by atomic mass is 35.5. The second-order valence-electron chi connectivity index (χ2n) is 8.52. The molecule has 0 fully saturated rings. The number of hydrogen-bond acceptors (Lipinski definition) is 5. The lowest BCUT2D eigenvalue weighted by Gasteiger charge is -2.13. The molecule has 196 valence electrons. The van der Waals surface area contributed by atoms with Crippen LogP contribution in [0.2, 0.25) is 5.02 Å². The number of benzene rings is 4. The highest BCUT2D eigenvalue weighted by molar-refractivity contribution is 7.93. The molecular weight excluding hydrogens is 546 g/mol. The first-order valence-corrected chi connectivity index (χ1v) is 14.7. The third-order valence-electron chi connectivity index (χ3n) is 5.57. The van der Waals surface area contributed by atoms with Crippen molar-refractivity contribution in [2.75, 3.05) is 14.8 Å². The Labute approximate surface area is 226 Å². The summed E-state index contributed by atoms with van der Waals surface area (Å²) >= 11 is 6.20. The van der Waals surface area contributed by atoms with Crippen molar-refractivity contribution in [3.05, 3.63) is 113 Å². The number of sulfonamides is 2. The zero-order valence-electron chi connectivity index (χ0n) is 20.4. The number of nitrogens with one attached hydrogen (secondary N) is 3. The predicted octanol–water partition coefficient (Wildman–Crippen LogP) is 5.81. The van der Waals surface area contributed by atoms with Crippen LogP contribution in [0.4, 0.5) is 17.1 Å². The Bertz CT molecular complexity index is 1710. The lowest BCUT2D eigenvalue weighted by Crippen LogP contribution is -2.16. The minimum Gasteiger partial charge on any atom is -0.322 e. The standard InChI is InChI=1S/C27H24ClN3O5S2/c1-18-8-15-26(19(2)16-18)31-38(35,36)23-12-9-20(10-13-23)29-27(32)24-17-21(11-14-25(24)28)30-37(33,34)22-6-4-3-5-7-22/h3-17,30-31H,1-2H3,(H,29,32). The van der Waals surface area contributed by atoms with Crippen LogP contribution in [-0.4, -0.2) is 22.7 Å². The quantitative estimate of drug-likeness (QED) is 0.247. The van der Waals surface area contributed by atoms with Gasteiger partial charge in [-0.05, 0) is 80.1 Å².